The van der Waals surface area contributed by atoms with Crippen LogP contribution in [0.4, 0.5) is 0 Å². The summed E-state index contributed by atoms with van der Waals surface area (Å²) in [5, 5.41) is 0. The Morgan fingerprint density at radius 3 is 2.12 bits per heavy atom. The molecule has 0 unspecified atom stereocenters. The molecule has 0 N–H and O–H groups in total. The molecule has 1 aromatic carbocycles. The van der Waals surface area contributed by atoms with Crippen molar-refractivity contribution in [2.45, 2.75) is 39.5 Å². The lowest BCUT2D eigenvalue weighted by Gasteiger charge is -2.33. The van der Waals surface area contributed by atoms with E-state index in [1.807, 2.05) is 20.8 Å². The van der Waals surface area contributed by atoms with Gasteiger partial charge < -0.3 is 9.05 Å². The maximum absolute atomic E-state index is 12.9. The standard InChI is InChI=1S/C17H25O5PS/c1-13(2)16(10-23(18)21-11-17(4,5)12-22-23)24(19,20)15-8-6-14(3)7-9-15/h6-10,13H,11-12H2,1-5H3/b16-10+. The molecule has 0 aliphatic carbocycles. The summed E-state index contributed by atoms with van der Waals surface area (Å²) in [5.41, 5.74) is 0.730. The van der Waals surface area contributed by atoms with Crippen LogP contribution < -0.4 is 0 Å². The highest BCUT2D eigenvalue weighted by atomic mass is 32.2. The maximum Gasteiger partial charge on any atom is 0.355 e. The zero-order chi connectivity index (χ0) is 18.2. The van der Waals surface area contributed by atoms with Crippen LogP contribution in [0.2, 0.25) is 0 Å². The van der Waals surface area contributed by atoms with Crippen LogP contribution in [0.3, 0.4) is 0 Å². The lowest BCUT2D eigenvalue weighted by atomic mass is 9.97. The lowest BCUT2D eigenvalue weighted by molar-refractivity contribution is 0.0456. The van der Waals surface area contributed by atoms with Crippen molar-refractivity contribution in [2.24, 2.45) is 11.3 Å². The smallest absolute Gasteiger partial charge is 0.305 e. The Balaban J connectivity index is 2.42. The molecular formula is C17H25O5PS. The molecule has 2 rings (SSSR count). The van der Waals surface area contributed by atoms with Gasteiger partial charge in [0.1, 0.15) is 0 Å². The third-order valence-electron chi connectivity index (χ3n) is 3.77. The van der Waals surface area contributed by atoms with Crippen LogP contribution in [0.5, 0.6) is 0 Å². The number of aryl methyl sites for hydroxylation is 1. The Bertz CT molecular complexity index is 762. The van der Waals surface area contributed by atoms with E-state index in [-0.39, 0.29) is 34.3 Å². The van der Waals surface area contributed by atoms with E-state index in [9.17, 15) is 13.0 Å². The second-order valence-corrected chi connectivity index (χ2v) is 11.1. The fourth-order valence-corrected chi connectivity index (χ4v) is 6.44. The first kappa shape index (κ1) is 19.4. The van der Waals surface area contributed by atoms with Gasteiger partial charge in [-0.15, -0.1) is 0 Å². The SMILES string of the molecule is Cc1ccc(S(=O)(=O)/C(=C/P2(=O)OCC(C)(C)CO2)C(C)C)cc1. The van der Waals surface area contributed by atoms with Gasteiger partial charge >= 0.3 is 7.60 Å². The number of rotatable bonds is 4. The Kier molecular flexibility index (Phi) is 5.46. The molecule has 0 amide bonds. The van der Waals surface area contributed by atoms with Gasteiger partial charge in [0.05, 0.1) is 23.0 Å². The van der Waals surface area contributed by atoms with Gasteiger partial charge in [0.25, 0.3) is 0 Å². The molecule has 0 spiro atoms. The summed E-state index contributed by atoms with van der Waals surface area (Å²) in [6.45, 7) is 9.78. The molecule has 0 atom stereocenters. The highest BCUT2D eigenvalue weighted by molar-refractivity contribution is 7.95. The third kappa shape index (κ3) is 4.37. The first-order chi connectivity index (χ1) is 11.0. The van der Waals surface area contributed by atoms with E-state index in [2.05, 4.69) is 0 Å². The zero-order valence-electron chi connectivity index (χ0n) is 14.8. The summed E-state index contributed by atoms with van der Waals surface area (Å²) in [7, 11) is -7.33. The Morgan fingerprint density at radius 2 is 1.67 bits per heavy atom. The van der Waals surface area contributed by atoms with Gasteiger partial charge in [-0.25, -0.2) is 8.42 Å². The van der Waals surface area contributed by atoms with Crippen LogP contribution in [-0.4, -0.2) is 21.6 Å². The number of sulfone groups is 1. The Labute approximate surface area is 144 Å². The molecule has 134 valence electrons. The van der Waals surface area contributed by atoms with Crippen molar-refractivity contribution >= 4 is 17.4 Å². The molecule has 1 aliphatic rings. The first-order valence-electron chi connectivity index (χ1n) is 7.89. The van der Waals surface area contributed by atoms with Gasteiger partial charge in [-0.2, -0.15) is 0 Å². The minimum atomic E-state index is -3.75. The average Bonchev–Trinajstić information content (AvgIpc) is 2.49. The minimum Gasteiger partial charge on any atom is -0.305 e. The normalized spacial score (nSPS) is 21.0. The summed E-state index contributed by atoms with van der Waals surface area (Å²) >= 11 is 0. The molecule has 24 heavy (non-hydrogen) atoms. The fourth-order valence-electron chi connectivity index (χ4n) is 2.22. The second-order valence-electron chi connectivity index (χ2n) is 7.25. The molecule has 0 aromatic heterocycles. The van der Waals surface area contributed by atoms with E-state index in [0.717, 1.165) is 5.56 Å². The van der Waals surface area contributed by atoms with Crippen molar-refractivity contribution in [3.63, 3.8) is 0 Å². The minimum absolute atomic E-state index is 0.0643. The molecule has 1 saturated heterocycles. The summed E-state index contributed by atoms with van der Waals surface area (Å²) < 4.78 is 49.4. The molecule has 5 nitrogen and oxygen atoms in total. The molecule has 7 heteroatoms. The quantitative estimate of drug-likeness (QED) is 0.726. The fraction of sp³-hybridized carbons (Fsp3) is 0.529. The molecular weight excluding hydrogens is 347 g/mol. The Morgan fingerprint density at radius 1 is 1.17 bits per heavy atom. The summed E-state index contributed by atoms with van der Waals surface area (Å²) in [4.78, 5) is 0.242. The molecule has 1 fully saturated rings. The largest absolute Gasteiger partial charge is 0.355 e. The van der Waals surface area contributed by atoms with Crippen molar-refractivity contribution in [2.75, 3.05) is 13.2 Å². The second kappa shape index (κ2) is 6.75. The predicted octanol–water partition coefficient (Wildman–Crippen LogP) is 4.53. The molecule has 1 aliphatic heterocycles. The van der Waals surface area contributed by atoms with Crippen LogP contribution in [0.1, 0.15) is 33.3 Å². The van der Waals surface area contributed by atoms with Crippen LogP contribution in [0.25, 0.3) is 0 Å². The van der Waals surface area contributed by atoms with Crippen LogP contribution in [-0.2, 0) is 23.4 Å². The van der Waals surface area contributed by atoms with Gasteiger partial charge in [-0.1, -0.05) is 45.4 Å². The lowest BCUT2D eigenvalue weighted by Crippen LogP contribution is -2.29. The number of hydrogen-bond acceptors (Lipinski definition) is 5. The van der Waals surface area contributed by atoms with Crippen molar-refractivity contribution in [3.05, 3.63) is 40.6 Å². The molecule has 0 bridgehead atoms. The molecule has 1 aromatic rings. The van der Waals surface area contributed by atoms with E-state index in [4.69, 9.17) is 9.05 Å². The van der Waals surface area contributed by atoms with Crippen molar-refractivity contribution < 1.29 is 22.0 Å². The van der Waals surface area contributed by atoms with E-state index in [1.54, 1.807) is 38.1 Å². The van der Waals surface area contributed by atoms with Crippen molar-refractivity contribution in [3.8, 4) is 0 Å². The van der Waals surface area contributed by atoms with Crippen molar-refractivity contribution in [1.82, 2.24) is 0 Å². The van der Waals surface area contributed by atoms with Crippen LogP contribution in [0.15, 0.2) is 39.9 Å². The molecule has 1 heterocycles. The first-order valence-corrected chi connectivity index (χ1v) is 11.0. The monoisotopic (exact) mass is 372 g/mol. The van der Waals surface area contributed by atoms with Gasteiger partial charge in [-0.05, 0) is 25.0 Å². The van der Waals surface area contributed by atoms with E-state index < -0.39 is 17.4 Å². The van der Waals surface area contributed by atoms with Crippen LogP contribution in [0, 0.1) is 18.3 Å². The van der Waals surface area contributed by atoms with Crippen molar-refractivity contribution in [1.29, 1.82) is 0 Å². The summed E-state index contributed by atoms with van der Waals surface area (Å²) in [5.74, 6) is 0.839. The molecule has 0 radical (unpaired) electrons. The number of hydrogen-bond donors (Lipinski definition) is 0. The van der Waals surface area contributed by atoms with Gasteiger partial charge in [-0.3, -0.25) is 4.57 Å². The number of allylic oxidation sites excluding steroid dienone is 1. The topological polar surface area (TPSA) is 69.7 Å². The Hall–Kier alpha value is -0.940. The number of benzene rings is 1. The predicted molar refractivity (Wildman–Crippen MR) is 94.6 cm³/mol. The highest BCUT2D eigenvalue weighted by Gasteiger charge is 2.37. The maximum atomic E-state index is 12.9. The van der Waals surface area contributed by atoms with Gasteiger partial charge in [0.15, 0.2) is 0 Å². The van der Waals surface area contributed by atoms with E-state index >= 15 is 0 Å². The average molecular weight is 372 g/mol. The van der Waals surface area contributed by atoms with Gasteiger partial charge in [0, 0.05) is 11.2 Å². The highest BCUT2D eigenvalue weighted by Crippen LogP contribution is 2.56. The van der Waals surface area contributed by atoms with Crippen LogP contribution >= 0.6 is 7.60 Å². The van der Waals surface area contributed by atoms with Gasteiger partial charge in [0.2, 0.25) is 9.84 Å². The summed E-state index contributed by atoms with van der Waals surface area (Å²) in [6, 6.07) is 6.59. The third-order valence-corrected chi connectivity index (χ3v) is 7.62. The van der Waals surface area contributed by atoms with E-state index in [0.29, 0.717) is 0 Å². The van der Waals surface area contributed by atoms with E-state index in [1.165, 1.54) is 5.82 Å². The zero-order valence-corrected chi connectivity index (χ0v) is 16.5. The summed E-state index contributed by atoms with van der Waals surface area (Å²) in [6.07, 6.45) is 0. The molecule has 0 saturated carbocycles.